The van der Waals surface area contributed by atoms with Crippen molar-refractivity contribution in [1.82, 2.24) is 9.80 Å². The number of esters is 1. The Bertz CT molecular complexity index is 893. The molecule has 1 atom stereocenters. The van der Waals surface area contributed by atoms with Crippen LogP contribution in [0.15, 0.2) is 41.8 Å². The van der Waals surface area contributed by atoms with Gasteiger partial charge in [0.05, 0.1) is 11.5 Å². The smallest absolute Gasteiger partial charge is 0.323 e. The van der Waals surface area contributed by atoms with Crippen LogP contribution in [0.3, 0.4) is 0 Å². The molecule has 0 N–H and O–H groups in total. The molecule has 0 spiro atoms. The van der Waals surface area contributed by atoms with Crippen LogP contribution in [-0.4, -0.2) is 60.1 Å². The normalized spacial score (nSPS) is 20.2. The molecular weight excluding hydrogens is 424 g/mol. The number of piperidine rings is 2. The molecule has 2 fully saturated rings. The number of carbonyl (C=O) groups is 2. The molecular formula is C25H32N2O4S. The maximum Gasteiger partial charge on any atom is 0.323 e. The highest BCUT2D eigenvalue weighted by atomic mass is 32.1. The molecule has 0 bridgehead atoms. The summed E-state index contributed by atoms with van der Waals surface area (Å²) in [6.07, 6.45) is 4.81. The van der Waals surface area contributed by atoms with E-state index >= 15 is 0 Å². The third-order valence-electron chi connectivity index (χ3n) is 6.22. The van der Waals surface area contributed by atoms with Crippen molar-refractivity contribution in [3.63, 3.8) is 0 Å². The molecule has 3 heterocycles. The van der Waals surface area contributed by atoms with Crippen molar-refractivity contribution in [2.75, 3.05) is 26.2 Å². The molecule has 2 aliphatic heterocycles. The Labute approximate surface area is 194 Å². The molecule has 2 aromatic rings. The van der Waals surface area contributed by atoms with E-state index in [1.54, 1.807) is 0 Å². The van der Waals surface area contributed by atoms with Gasteiger partial charge in [-0.2, -0.15) is 0 Å². The molecule has 1 unspecified atom stereocenters. The van der Waals surface area contributed by atoms with Crippen molar-refractivity contribution in [2.45, 2.75) is 57.7 Å². The second kappa shape index (κ2) is 11.0. The molecule has 1 amide bonds. The number of likely N-dealkylation sites (tertiary alicyclic amines) is 2. The first kappa shape index (κ1) is 22.8. The highest BCUT2D eigenvalue weighted by molar-refractivity contribution is 7.12. The van der Waals surface area contributed by atoms with E-state index in [-0.39, 0.29) is 24.0 Å². The molecule has 0 radical (unpaired) electrons. The number of nitrogens with zero attached hydrogens (tertiary/aromatic N) is 2. The van der Waals surface area contributed by atoms with E-state index in [4.69, 9.17) is 9.47 Å². The Hall–Kier alpha value is -2.38. The van der Waals surface area contributed by atoms with E-state index < -0.39 is 0 Å². The Morgan fingerprint density at radius 1 is 1.06 bits per heavy atom. The van der Waals surface area contributed by atoms with E-state index in [1.807, 2.05) is 41.5 Å². The zero-order valence-electron chi connectivity index (χ0n) is 18.7. The Balaban J connectivity index is 1.31. The van der Waals surface area contributed by atoms with Crippen molar-refractivity contribution in [1.29, 1.82) is 0 Å². The van der Waals surface area contributed by atoms with Gasteiger partial charge in [-0.05, 0) is 55.5 Å². The lowest BCUT2D eigenvalue weighted by molar-refractivity contribution is -0.151. The first-order valence-electron chi connectivity index (χ1n) is 11.6. The number of ether oxygens (including phenoxy) is 2. The van der Waals surface area contributed by atoms with Crippen molar-refractivity contribution >= 4 is 23.2 Å². The molecule has 4 rings (SSSR count). The van der Waals surface area contributed by atoms with E-state index in [1.165, 1.54) is 11.3 Å². The number of hydrogen-bond acceptors (Lipinski definition) is 6. The lowest BCUT2D eigenvalue weighted by Gasteiger charge is -2.34. The number of hydrogen-bond donors (Lipinski definition) is 0. The first-order valence-corrected chi connectivity index (χ1v) is 12.5. The third-order valence-corrected chi connectivity index (χ3v) is 7.08. The number of rotatable bonds is 7. The average molecular weight is 457 g/mol. The molecule has 2 aliphatic rings. The summed E-state index contributed by atoms with van der Waals surface area (Å²) in [5, 5.41) is 1.94. The number of carbonyl (C=O) groups excluding carboxylic acids is 2. The fourth-order valence-electron chi connectivity index (χ4n) is 4.56. The Morgan fingerprint density at radius 2 is 1.91 bits per heavy atom. The summed E-state index contributed by atoms with van der Waals surface area (Å²) in [5.74, 6) is 0.872. The van der Waals surface area contributed by atoms with Crippen LogP contribution in [-0.2, 0) is 16.1 Å². The molecule has 0 saturated carbocycles. The maximum atomic E-state index is 12.5. The zero-order chi connectivity index (χ0) is 22.3. The van der Waals surface area contributed by atoms with E-state index in [0.29, 0.717) is 13.2 Å². The van der Waals surface area contributed by atoms with E-state index in [2.05, 4.69) is 17.0 Å². The lowest BCUT2D eigenvalue weighted by Crippen LogP contribution is -2.44. The average Bonchev–Trinajstić information content (AvgIpc) is 3.35. The van der Waals surface area contributed by atoms with Gasteiger partial charge in [0, 0.05) is 32.5 Å². The molecule has 7 heteroatoms. The molecule has 2 saturated heterocycles. The highest BCUT2D eigenvalue weighted by Crippen LogP contribution is 2.25. The second-order valence-corrected chi connectivity index (χ2v) is 9.42. The van der Waals surface area contributed by atoms with Gasteiger partial charge in [0.1, 0.15) is 17.9 Å². The number of thiophene rings is 1. The van der Waals surface area contributed by atoms with Crippen molar-refractivity contribution in [2.24, 2.45) is 0 Å². The van der Waals surface area contributed by atoms with Crippen molar-refractivity contribution in [3.8, 4) is 5.75 Å². The fourth-order valence-corrected chi connectivity index (χ4v) is 5.25. The summed E-state index contributed by atoms with van der Waals surface area (Å²) >= 11 is 1.49. The van der Waals surface area contributed by atoms with Gasteiger partial charge in [0.2, 0.25) is 0 Å². The van der Waals surface area contributed by atoms with Gasteiger partial charge < -0.3 is 14.4 Å². The van der Waals surface area contributed by atoms with Gasteiger partial charge in [-0.1, -0.05) is 24.6 Å². The predicted molar refractivity (Wildman–Crippen MR) is 125 cm³/mol. The van der Waals surface area contributed by atoms with Crippen LogP contribution in [0, 0.1) is 0 Å². The third kappa shape index (κ3) is 5.70. The summed E-state index contributed by atoms with van der Waals surface area (Å²) < 4.78 is 11.6. The quantitative estimate of drug-likeness (QED) is 0.580. The Morgan fingerprint density at radius 3 is 2.66 bits per heavy atom. The van der Waals surface area contributed by atoms with Crippen LogP contribution in [0.2, 0.25) is 0 Å². The molecule has 1 aromatic carbocycles. The van der Waals surface area contributed by atoms with Crippen LogP contribution in [0.5, 0.6) is 5.75 Å². The Kier molecular flexibility index (Phi) is 7.81. The lowest BCUT2D eigenvalue weighted by atomic mass is 10.0. The van der Waals surface area contributed by atoms with Crippen molar-refractivity contribution < 1.29 is 19.1 Å². The summed E-state index contributed by atoms with van der Waals surface area (Å²) in [6, 6.07) is 11.8. The summed E-state index contributed by atoms with van der Waals surface area (Å²) in [4.78, 5) is 29.9. The maximum absolute atomic E-state index is 12.5. The summed E-state index contributed by atoms with van der Waals surface area (Å²) in [6.45, 7) is 5.34. The van der Waals surface area contributed by atoms with Gasteiger partial charge >= 0.3 is 5.97 Å². The largest absolute Gasteiger partial charge is 0.490 e. The second-order valence-electron chi connectivity index (χ2n) is 8.47. The standard InChI is InChI=1S/C25H32N2O4S/c1-2-30-25(29)22-9-3-4-13-27(22)18-19-7-5-8-21(17-19)31-20-11-14-26(15-12-20)24(28)23-10-6-16-32-23/h5-8,10,16-17,20,22H,2-4,9,11-15,18H2,1H3. The molecule has 172 valence electrons. The number of benzene rings is 1. The van der Waals surface area contributed by atoms with Gasteiger partial charge in [-0.25, -0.2) is 0 Å². The molecule has 1 aromatic heterocycles. The van der Waals surface area contributed by atoms with Gasteiger partial charge in [-0.3, -0.25) is 14.5 Å². The monoisotopic (exact) mass is 456 g/mol. The van der Waals surface area contributed by atoms with Crippen molar-refractivity contribution in [3.05, 3.63) is 52.2 Å². The van der Waals surface area contributed by atoms with Crippen LogP contribution < -0.4 is 4.74 Å². The zero-order valence-corrected chi connectivity index (χ0v) is 19.5. The predicted octanol–water partition coefficient (Wildman–Crippen LogP) is 4.35. The van der Waals surface area contributed by atoms with Crippen LogP contribution >= 0.6 is 11.3 Å². The van der Waals surface area contributed by atoms with Crippen LogP contribution in [0.4, 0.5) is 0 Å². The first-order chi connectivity index (χ1) is 15.6. The summed E-state index contributed by atoms with van der Waals surface area (Å²) in [7, 11) is 0. The highest BCUT2D eigenvalue weighted by Gasteiger charge is 2.30. The molecule has 32 heavy (non-hydrogen) atoms. The SMILES string of the molecule is CCOC(=O)C1CCCCN1Cc1cccc(OC2CCN(C(=O)c3cccs3)CC2)c1. The minimum Gasteiger partial charge on any atom is -0.490 e. The summed E-state index contributed by atoms with van der Waals surface area (Å²) in [5.41, 5.74) is 1.14. The van der Waals surface area contributed by atoms with E-state index in [9.17, 15) is 9.59 Å². The molecule has 0 aliphatic carbocycles. The minimum absolute atomic E-state index is 0.108. The topological polar surface area (TPSA) is 59.1 Å². The van der Waals surface area contributed by atoms with Gasteiger partial charge in [-0.15, -0.1) is 11.3 Å². The van der Waals surface area contributed by atoms with E-state index in [0.717, 1.165) is 67.9 Å². The number of amides is 1. The van der Waals surface area contributed by atoms with Gasteiger partial charge in [0.25, 0.3) is 5.91 Å². The minimum atomic E-state index is -0.154. The van der Waals surface area contributed by atoms with Crippen LogP contribution in [0.25, 0.3) is 0 Å². The van der Waals surface area contributed by atoms with Gasteiger partial charge in [0.15, 0.2) is 0 Å². The van der Waals surface area contributed by atoms with Crippen LogP contribution in [0.1, 0.15) is 54.3 Å². The molecule has 6 nitrogen and oxygen atoms in total. The fraction of sp³-hybridized carbons (Fsp3) is 0.520.